The van der Waals surface area contributed by atoms with E-state index in [9.17, 15) is 4.79 Å². The van der Waals surface area contributed by atoms with Gasteiger partial charge in [-0.05, 0) is 12.1 Å². The van der Waals surface area contributed by atoms with Crippen molar-refractivity contribution in [3.63, 3.8) is 0 Å². The predicted octanol–water partition coefficient (Wildman–Crippen LogP) is 0.712. The highest BCUT2D eigenvalue weighted by molar-refractivity contribution is 8.00. The Morgan fingerprint density at radius 2 is 2.06 bits per heavy atom. The number of thioether (sulfide) groups is 1. The van der Waals surface area contributed by atoms with E-state index in [2.05, 4.69) is 5.32 Å². The van der Waals surface area contributed by atoms with E-state index in [1.54, 1.807) is 0 Å². The van der Waals surface area contributed by atoms with Gasteiger partial charge in [0.05, 0.1) is 18.5 Å². The van der Waals surface area contributed by atoms with Gasteiger partial charge in [0, 0.05) is 11.4 Å². The topological polar surface area (TPSA) is 69.6 Å². The van der Waals surface area contributed by atoms with Crippen LogP contribution in [-0.2, 0) is 4.79 Å². The van der Waals surface area contributed by atoms with Crippen LogP contribution in [0.15, 0.2) is 30.3 Å². The van der Waals surface area contributed by atoms with Crippen LogP contribution in [0.1, 0.15) is 0 Å². The maximum atomic E-state index is 11.4. The molecule has 0 heterocycles. The molecule has 0 saturated heterocycles. The summed E-state index contributed by atoms with van der Waals surface area (Å²) >= 11 is 1.29. The molecule has 0 saturated carbocycles. The van der Waals surface area contributed by atoms with Crippen molar-refractivity contribution in [3.05, 3.63) is 30.3 Å². The molecule has 3 N–H and O–H groups in total. The molecule has 4 nitrogen and oxygen atoms in total. The first-order valence-corrected chi connectivity index (χ1v) is 6.09. The number of carbonyl (C=O) groups excluding carboxylic acids is 1. The lowest BCUT2D eigenvalue weighted by Gasteiger charge is -2.07. The van der Waals surface area contributed by atoms with Crippen LogP contribution < -0.4 is 5.32 Å². The number of amides is 1. The smallest absolute Gasteiger partial charge is 0.234 e. The molecule has 0 spiro atoms. The van der Waals surface area contributed by atoms with Crippen molar-refractivity contribution in [3.8, 4) is 0 Å². The number of rotatable bonds is 6. The Morgan fingerprint density at radius 1 is 1.38 bits per heavy atom. The molecular formula is C11H15NO3S. The van der Waals surface area contributed by atoms with Crippen LogP contribution in [0.25, 0.3) is 0 Å². The molecule has 1 aromatic carbocycles. The van der Waals surface area contributed by atoms with Gasteiger partial charge in [0.1, 0.15) is 0 Å². The first kappa shape index (κ1) is 13.0. The molecule has 16 heavy (non-hydrogen) atoms. The third-order valence-electron chi connectivity index (χ3n) is 1.81. The van der Waals surface area contributed by atoms with Crippen molar-refractivity contribution < 1.29 is 15.0 Å². The van der Waals surface area contributed by atoms with E-state index in [0.29, 0.717) is 5.75 Å². The van der Waals surface area contributed by atoms with Gasteiger partial charge in [0.25, 0.3) is 0 Å². The van der Waals surface area contributed by atoms with Crippen LogP contribution in [0.4, 0.5) is 5.69 Å². The minimum atomic E-state index is -0.755. The number of aliphatic hydroxyl groups is 2. The summed E-state index contributed by atoms with van der Waals surface area (Å²) in [7, 11) is 0. The maximum absolute atomic E-state index is 11.4. The van der Waals surface area contributed by atoms with Gasteiger partial charge in [-0.15, -0.1) is 11.8 Å². The maximum Gasteiger partial charge on any atom is 0.234 e. The van der Waals surface area contributed by atoms with E-state index in [-0.39, 0.29) is 18.3 Å². The van der Waals surface area contributed by atoms with Crippen LogP contribution in [0.5, 0.6) is 0 Å². The van der Waals surface area contributed by atoms with Crippen LogP contribution >= 0.6 is 11.8 Å². The monoisotopic (exact) mass is 241 g/mol. The van der Waals surface area contributed by atoms with Crippen molar-refractivity contribution in [2.75, 3.05) is 23.4 Å². The lowest BCUT2D eigenvalue weighted by atomic mass is 10.3. The third-order valence-corrected chi connectivity index (χ3v) is 2.90. The summed E-state index contributed by atoms with van der Waals surface area (Å²) in [5, 5.41) is 20.4. The molecule has 1 atom stereocenters. The molecule has 0 aliphatic heterocycles. The highest BCUT2D eigenvalue weighted by atomic mass is 32.2. The second kappa shape index (κ2) is 7.27. The number of carbonyl (C=O) groups is 1. The van der Waals surface area contributed by atoms with Crippen LogP contribution in [0, 0.1) is 0 Å². The quantitative estimate of drug-likeness (QED) is 0.686. The van der Waals surface area contributed by atoms with Gasteiger partial charge in [-0.1, -0.05) is 18.2 Å². The van der Waals surface area contributed by atoms with Crippen molar-refractivity contribution in [2.24, 2.45) is 0 Å². The highest BCUT2D eigenvalue weighted by Crippen LogP contribution is 2.07. The number of nitrogens with one attached hydrogen (secondary N) is 1. The fourth-order valence-electron chi connectivity index (χ4n) is 1.06. The average molecular weight is 241 g/mol. The predicted molar refractivity (Wildman–Crippen MR) is 65.5 cm³/mol. The summed E-state index contributed by atoms with van der Waals surface area (Å²) in [6, 6.07) is 9.19. The molecule has 0 aliphatic rings. The standard InChI is InChI=1S/C11H15NO3S/c13-6-10(14)7-16-8-11(15)12-9-4-2-1-3-5-9/h1-5,10,13-14H,6-8H2,(H,12,15). The van der Waals surface area contributed by atoms with E-state index in [4.69, 9.17) is 10.2 Å². The second-order valence-corrected chi connectivity index (χ2v) is 4.30. The summed E-state index contributed by atoms with van der Waals surface area (Å²) in [4.78, 5) is 11.4. The van der Waals surface area contributed by atoms with E-state index in [1.165, 1.54) is 11.8 Å². The Bertz CT molecular complexity index is 318. The Hall–Kier alpha value is -1.04. The summed E-state index contributed by atoms with van der Waals surface area (Å²) in [5.74, 6) is 0.520. The number of benzene rings is 1. The number of hydrogen-bond acceptors (Lipinski definition) is 4. The molecule has 88 valence electrons. The zero-order chi connectivity index (χ0) is 11.8. The Balaban J connectivity index is 2.21. The van der Waals surface area contributed by atoms with Gasteiger partial charge in [0.15, 0.2) is 0 Å². The summed E-state index contributed by atoms with van der Waals surface area (Å²) < 4.78 is 0. The Kier molecular flexibility index (Phi) is 5.92. The van der Waals surface area contributed by atoms with Gasteiger partial charge in [-0.3, -0.25) is 4.79 Å². The van der Waals surface area contributed by atoms with Crippen LogP contribution in [0.3, 0.4) is 0 Å². The van der Waals surface area contributed by atoms with Gasteiger partial charge in [0.2, 0.25) is 5.91 Å². The number of aliphatic hydroxyl groups excluding tert-OH is 2. The number of anilines is 1. The minimum Gasteiger partial charge on any atom is -0.394 e. The summed E-state index contributed by atoms with van der Waals surface area (Å²) in [6.07, 6.45) is -0.755. The van der Waals surface area contributed by atoms with E-state index in [0.717, 1.165) is 5.69 Å². The Morgan fingerprint density at radius 3 is 2.69 bits per heavy atom. The third kappa shape index (κ3) is 5.16. The van der Waals surface area contributed by atoms with Crippen molar-refractivity contribution in [1.29, 1.82) is 0 Å². The summed E-state index contributed by atoms with van der Waals surface area (Å²) in [6.45, 7) is -0.271. The van der Waals surface area contributed by atoms with E-state index >= 15 is 0 Å². The fourth-order valence-corrected chi connectivity index (χ4v) is 1.81. The lowest BCUT2D eigenvalue weighted by molar-refractivity contribution is -0.113. The first-order chi connectivity index (χ1) is 7.72. The molecule has 1 amide bonds. The normalized spacial score (nSPS) is 12.1. The largest absolute Gasteiger partial charge is 0.394 e. The van der Waals surface area contributed by atoms with Gasteiger partial charge >= 0.3 is 0 Å². The fraction of sp³-hybridized carbons (Fsp3) is 0.364. The molecule has 0 bridgehead atoms. The number of para-hydroxylation sites is 1. The van der Waals surface area contributed by atoms with E-state index < -0.39 is 6.10 Å². The zero-order valence-electron chi connectivity index (χ0n) is 8.80. The molecular weight excluding hydrogens is 226 g/mol. The molecule has 1 unspecified atom stereocenters. The molecule has 0 fully saturated rings. The highest BCUT2D eigenvalue weighted by Gasteiger charge is 2.05. The minimum absolute atomic E-state index is 0.110. The van der Waals surface area contributed by atoms with Crippen molar-refractivity contribution >= 4 is 23.4 Å². The molecule has 0 aliphatic carbocycles. The zero-order valence-corrected chi connectivity index (χ0v) is 9.61. The Labute approximate surface area is 98.7 Å². The van der Waals surface area contributed by atoms with Gasteiger partial charge in [-0.2, -0.15) is 0 Å². The number of hydrogen-bond donors (Lipinski definition) is 3. The average Bonchev–Trinajstić information content (AvgIpc) is 2.30. The summed E-state index contributed by atoms with van der Waals surface area (Å²) in [5.41, 5.74) is 0.760. The van der Waals surface area contributed by atoms with Crippen molar-refractivity contribution in [2.45, 2.75) is 6.10 Å². The molecule has 1 rings (SSSR count). The van der Waals surface area contributed by atoms with Crippen molar-refractivity contribution in [1.82, 2.24) is 0 Å². The molecule has 1 aromatic rings. The first-order valence-electron chi connectivity index (χ1n) is 4.94. The van der Waals surface area contributed by atoms with Gasteiger partial charge in [-0.25, -0.2) is 0 Å². The molecule has 0 aromatic heterocycles. The SMILES string of the molecule is O=C(CSCC(O)CO)Nc1ccccc1. The molecule has 5 heteroatoms. The lowest BCUT2D eigenvalue weighted by Crippen LogP contribution is -2.19. The van der Waals surface area contributed by atoms with Gasteiger partial charge < -0.3 is 15.5 Å². The van der Waals surface area contributed by atoms with E-state index in [1.807, 2.05) is 30.3 Å². The second-order valence-electron chi connectivity index (χ2n) is 3.27. The van der Waals surface area contributed by atoms with Crippen LogP contribution in [-0.4, -0.2) is 40.3 Å². The molecule has 0 radical (unpaired) electrons. The van der Waals surface area contributed by atoms with Crippen LogP contribution in [0.2, 0.25) is 0 Å².